The number of thiophene rings is 1. The number of carbonyl (C=O) groups is 1. The van der Waals surface area contributed by atoms with E-state index in [1.54, 1.807) is 23.5 Å². The Bertz CT molecular complexity index is 635. The van der Waals surface area contributed by atoms with Crippen LogP contribution in [-0.4, -0.2) is 35.2 Å². The van der Waals surface area contributed by atoms with Crippen molar-refractivity contribution in [2.45, 2.75) is 32.0 Å². The zero-order valence-corrected chi connectivity index (χ0v) is 13.8. The average Bonchev–Trinajstić information content (AvgIpc) is 3.21. The summed E-state index contributed by atoms with van der Waals surface area (Å²) in [5.41, 5.74) is 2.50. The summed E-state index contributed by atoms with van der Waals surface area (Å²) in [5, 5.41) is 13.6. The molecule has 1 fully saturated rings. The van der Waals surface area contributed by atoms with Crippen molar-refractivity contribution in [1.29, 1.82) is 0 Å². The van der Waals surface area contributed by atoms with Crippen LogP contribution in [0.4, 0.5) is 0 Å². The lowest BCUT2D eigenvalue weighted by atomic mass is 10.1. The summed E-state index contributed by atoms with van der Waals surface area (Å²) in [5.74, 6) is -0.867. The molecule has 0 saturated carbocycles. The van der Waals surface area contributed by atoms with Gasteiger partial charge in [-0.05, 0) is 46.9 Å². The van der Waals surface area contributed by atoms with Gasteiger partial charge in [0.15, 0.2) is 0 Å². The second kappa shape index (κ2) is 7.73. The minimum atomic E-state index is -0.867. The first kappa shape index (κ1) is 16.2. The largest absolute Gasteiger partial charge is 0.478 e. The number of carboxylic acids is 1. The fraction of sp³-hybridized carbons (Fsp3) is 0.389. The van der Waals surface area contributed by atoms with Gasteiger partial charge in [0.1, 0.15) is 0 Å². The van der Waals surface area contributed by atoms with E-state index in [1.807, 2.05) is 12.1 Å². The lowest BCUT2D eigenvalue weighted by Crippen LogP contribution is -2.31. The molecule has 4 nitrogen and oxygen atoms in total. The Morgan fingerprint density at radius 3 is 2.87 bits per heavy atom. The monoisotopic (exact) mass is 331 g/mol. The van der Waals surface area contributed by atoms with Crippen molar-refractivity contribution in [2.24, 2.45) is 0 Å². The number of carboxylic acid groups (broad SMARTS) is 1. The zero-order valence-electron chi connectivity index (χ0n) is 13.0. The summed E-state index contributed by atoms with van der Waals surface area (Å²) in [7, 11) is 0. The van der Waals surface area contributed by atoms with Gasteiger partial charge in [-0.25, -0.2) is 4.79 Å². The summed E-state index contributed by atoms with van der Waals surface area (Å²) < 4.78 is 5.76. The third-order valence-corrected chi connectivity index (χ3v) is 4.85. The van der Waals surface area contributed by atoms with Crippen LogP contribution in [0, 0.1) is 0 Å². The Labute approximate surface area is 140 Å². The zero-order chi connectivity index (χ0) is 16.1. The van der Waals surface area contributed by atoms with E-state index in [1.165, 1.54) is 5.56 Å². The molecule has 0 amide bonds. The van der Waals surface area contributed by atoms with Crippen LogP contribution < -0.4 is 0 Å². The molecule has 3 rings (SSSR count). The molecule has 122 valence electrons. The van der Waals surface area contributed by atoms with Crippen molar-refractivity contribution in [1.82, 2.24) is 4.90 Å². The highest BCUT2D eigenvalue weighted by molar-refractivity contribution is 7.07. The highest BCUT2D eigenvalue weighted by Crippen LogP contribution is 2.19. The molecule has 2 heterocycles. The van der Waals surface area contributed by atoms with E-state index < -0.39 is 5.97 Å². The molecule has 1 atom stereocenters. The Hall–Kier alpha value is -1.69. The van der Waals surface area contributed by atoms with Gasteiger partial charge in [0.05, 0.1) is 11.7 Å². The summed E-state index contributed by atoms with van der Waals surface area (Å²) >= 11 is 1.69. The maximum Gasteiger partial charge on any atom is 0.336 e. The van der Waals surface area contributed by atoms with Crippen molar-refractivity contribution in [3.63, 3.8) is 0 Å². The van der Waals surface area contributed by atoms with Crippen LogP contribution in [0.2, 0.25) is 0 Å². The molecular weight excluding hydrogens is 310 g/mol. The molecule has 0 spiro atoms. The number of rotatable bonds is 7. The molecule has 1 N–H and O–H groups in total. The molecule has 1 aliphatic heterocycles. The first-order valence-corrected chi connectivity index (χ1v) is 8.83. The molecule has 1 saturated heterocycles. The summed E-state index contributed by atoms with van der Waals surface area (Å²) in [4.78, 5) is 13.7. The second-order valence-corrected chi connectivity index (χ2v) is 6.68. The van der Waals surface area contributed by atoms with Gasteiger partial charge in [-0.1, -0.05) is 18.2 Å². The molecule has 0 bridgehead atoms. The predicted molar refractivity (Wildman–Crippen MR) is 90.8 cm³/mol. The fourth-order valence-corrected chi connectivity index (χ4v) is 3.67. The quantitative estimate of drug-likeness (QED) is 0.842. The summed E-state index contributed by atoms with van der Waals surface area (Å²) in [6, 6.07) is 9.37. The number of aromatic carboxylic acids is 1. The first-order chi connectivity index (χ1) is 11.2. The molecule has 0 unspecified atom stereocenters. The Morgan fingerprint density at radius 2 is 2.17 bits per heavy atom. The molecule has 1 aromatic carbocycles. The Kier molecular flexibility index (Phi) is 5.43. The van der Waals surface area contributed by atoms with E-state index in [4.69, 9.17) is 4.74 Å². The lowest BCUT2D eigenvalue weighted by molar-refractivity contribution is 0.0661. The summed E-state index contributed by atoms with van der Waals surface area (Å²) in [6.45, 7) is 3.11. The molecule has 1 aromatic heterocycles. The number of ether oxygens (including phenoxy) is 1. The number of nitrogens with zero attached hydrogens (tertiary/aromatic N) is 1. The average molecular weight is 331 g/mol. The molecule has 0 aliphatic carbocycles. The molecule has 1 aliphatic rings. The normalized spacial score (nSPS) is 17.7. The highest BCUT2D eigenvalue weighted by Gasteiger charge is 2.21. The highest BCUT2D eigenvalue weighted by atomic mass is 32.1. The maximum atomic E-state index is 11.4. The van der Waals surface area contributed by atoms with Gasteiger partial charge >= 0.3 is 5.97 Å². The van der Waals surface area contributed by atoms with E-state index >= 15 is 0 Å². The molecule has 2 aromatic rings. The van der Waals surface area contributed by atoms with Crippen LogP contribution in [0.15, 0.2) is 41.1 Å². The number of hydrogen-bond acceptors (Lipinski definition) is 4. The van der Waals surface area contributed by atoms with Crippen molar-refractivity contribution >= 4 is 17.3 Å². The molecule has 0 radical (unpaired) electrons. The molecule has 5 heteroatoms. The second-order valence-electron chi connectivity index (χ2n) is 5.90. The van der Waals surface area contributed by atoms with E-state index in [-0.39, 0.29) is 6.10 Å². The van der Waals surface area contributed by atoms with Crippen molar-refractivity contribution in [3.05, 3.63) is 57.8 Å². The van der Waals surface area contributed by atoms with Crippen LogP contribution in [0.25, 0.3) is 0 Å². The third kappa shape index (κ3) is 4.41. The maximum absolute atomic E-state index is 11.4. The topological polar surface area (TPSA) is 49.8 Å². The molecule has 23 heavy (non-hydrogen) atoms. The van der Waals surface area contributed by atoms with Crippen molar-refractivity contribution in [2.75, 3.05) is 13.2 Å². The fourth-order valence-electron chi connectivity index (χ4n) is 3.01. The number of benzene rings is 1. The first-order valence-electron chi connectivity index (χ1n) is 7.88. The number of hydrogen-bond donors (Lipinski definition) is 1. The summed E-state index contributed by atoms with van der Waals surface area (Å²) in [6.07, 6.45) is 2.45. The van der Waals surface area contributed by atoms with Gasteiger partial charge in [0.25, 0.3) is 0 Å². The van der Waals surface area contributed by atoms with E-state index in [9.17, 15) is 9.90 Å². The van der Waals surface area contributed by atoms with Crippen LogP contribution in [-0.2, 0) is 17.8 Å². The van der Waals surface area contributed by atoms with Gasteiger partial charge < -0.3 is 9.84 Å². The smallest absolute Gasteiger partial charge is 0.336 e. The molecular formula is C18H21NO3S. The van der Waals surface area contributed by atoms with Gasteiger partial charge in [0.2, 0.25) is 0 Å². The van der Waals surface area contributed by atoms with Crippen LogP contribution in [0.1, 0.15) is 34.3 Å². The minimum Gasteiger partial charge on any atom is -0.478 e. The Morgan fingerprint density at radius 1 is 1.30 bits per heavy atom. The van der Waals surface area contributed by atoms with Crippen LogP contribution in [0.3, 0.4) is 0 Å². The Balaban J connectivity index is 1.75. The van der Waals surface area contributed by atoms with Crippen LogP contribution in [0.5, 0.6) is 0 Å². The van der Waals surface area contributed by atoms with Gasteiger partial charge in [-0.15, -0.1) is 0 Å². The van der Waals surface area contributed by atoms with E-state index in [0.717, 1.165) is 38.1 Å². The van der Waals surface area contributed by atoms with E-state index in [0.29, 0.717) is 12.1 Å². The standard InChI is InChI=1S/C18H21NO3S/c20-18(21)17-6-2-1-4-15(17)11-19(10-14-7-9-23-13-14)12-16-5-3-8-22-16/h1-2,4,6-7,9,13,16H,3,5,8,10-12H2,(H,20,21)/t16-/m0/s1. The van der Waals surface area contributed by atoms with Crippen molar-refractivity contribution < 1.29 is 14.6 Å². The predicted octanol–water partition coefficient (Wildman–Crippen LogP) is 3.63. The van der Waals surface area contributed by atoms with Gasteiger partial charge in [0, 0.05) is 26.2 Å². The minimum absolute atomic E-state index is 0.255. The van der Waals surface area contributed by atoms with Gasteiger partial charge in [-0.3, -0.25) is 4.90 Å². The SMILES string of the molecule is O=C(O)c1ccccc1CN(Cc1ccsc1)C[C@@H]1CCCO1. The van der Waals surface area contributed by atoms with Crippen molar-refractivity contribution in [3.8, 4) is 0 Å². The van der Waals surface area contributed by atoms with E-state index in [2.05, 4.69) is 21.7 Å². The van der Waals surface area contributed by atoms with Gasteiger partial charge in [-0.2, -0.15) is 11.3 Å². The van der Waals surface area contributed by atoms with Crippen LogP contribution >= 0.6 is 11.3 Å². The third-order valence-electron chi connectivity index (χ3n) is 4.11. The lowest BCUT2D eigenvalue weighted by Gasteiger charge is -2.25.